The Morgan fingerprint density at radius 1 is 1.42 bits per heavy atom. The van der Waals surface area contributed by atoms with Crippen LogP contribution in [0.2, 0.25) is 0 Å². The number of nitrogens with one attached hydrogen (secondary N) is 1. The molecule has 1 N–H and O–H groups in total. The van der Waals surface area contributed by atoms with Crippen molar-refractivity contribution in [2.24, 2.45) is 13.0 Å². The molecule has 130 valence electrons. The highest BCUT2D eigenvalue weighted by molar-refractivity contribution is 5.24. The third-order valence-electron chi connectivity index (χ3n) is 4.51. The Balaban J connectivity index is 1.56. The van der Waals surface area contributed by atoms with Gasteiger partial charge in [0.1, 0.15) is 11.9 Å². The van der Waals surface area contributed by atoms with Crippen LogP contribution in [0.5, 0.6) is 0 Å². The second-order valence-electron chi connectivity index (χ2n) is 6.21. The summed E-state index contributed by atoms with van der Waals surface area (Å²) in [5.74, 6) is 0.195. The molecule has 2 heterocycles. The largest absolute Gasteiger partial charge is 0.380 e. The molecule has 0 saturated carbocycles. The van der Waals surface area contributed by atoms with Crippen molar-refractivity contribution in [1.29, 1.82) is 0 Å². The van der Waals surface area contributed by atoms with E-state index in [2.05, 4.69) is 10.4 Å². The summed E-state index contributed by atoms with van der Waals surface area (Å²) >= 11 is 0. The maximum atomic E-state index is 13.6. The molecule has 1 aromatic carbocycles. The van der Waals surface area contributed by atoms with Crippen molar-refractivity contribution in [2.75, 3.05) is 20.3 Å². The average molecular weight is 333 g/mol. The highest BCUT2D eigenvalue weighted by Crippen LogP contribution is 2.33. The summed E-state index contributed by atoms with van der Waals surface area (Å²) < 4.78 is 26.4. The monoisotopic (exact) mass is 333 g/mol. The zero-order valence-electron chi connectivity index (χ0n) is 14.2. The Labute approximate surface area is 141 Å². The normalized spacial score (nSPS) is 20.6. The van der Waals surface area contributed by atoms with Gasteiger partial charge in [-0.3, -0.25) is 4.68 Å². The number of nitrogens with zero attached hydrogens (tertiary/aromatic N) is 2. The molecule has 1 aliphatic rings. The van der Waals surface area contributed by atoms with Crippen LogP contribution in [-0.4, -0.2) is 30.0 Å². The van der Waals surface area contributed by atoms with Gasteiger partial charge in [-0.1, -0.05) is 6.07 Å². The van der Waals surface area contributed by atoms with Crippen LogP contribution in [-0.2, 0) is 29.7 Å². The molecule has 1 fully saturated rings. The summed E-state index contributed by atoms with van der Waals surface area (Å²) in [6, 6.07) is 7.18. The van der Waals surface area contributed by atoms with Crippen molar-refractivity contribution in [3.05, 3.63) is 53.1 Å². The van der Waals surface area contributed by atoms with E-state index < -0.39 is 0 Å². The summed E-state index contributed by atoms with van der Waals surface area (Å²) in [5.41, 5.74) is 2.76. The topological polar surface area (TPSA) is 48.3 Å². The summed E-state index contributed by atoms with van der Waals surface area (Å²) in [5, 5.41) is 7.70. The summed E-state index contributed by atoms with van der Waals surface area (Å²) in [6.45, 7) is 2.62. The summed E-state index contributed by atoms with van der Waals surface area (Å²) in [6.07, 6.45) is 2.92. The minimum Gasteiger partial charge on any atom is -0.380 e. The van der Waals surface area contributed by atoms with Crippen LogP contribution >= 0.6 is 0 Å². The molecular weight excluding hydrogens is 309 g/mol. The number of aryl methyl sites for hydroxylation is 1. The standard InChI is InChI=1S/C18H24FN3O2/c1-22-17(5-7-21-22)18-14(6-8-24-18)11-20-10-13-3-4-16(19)15(9-13)12-23-2/h3-5,7,9,14,18,20H,6,8,10-12H2,1-2H3/t14-,18+/m0/s1. The molecule has 2 atom stereocenters. The first-order valence-corrected chi connectivity index (χ1v) is 8.25. The van der Waals surface area contributed by atoms with E-state index in [0.29, 0.717) is 24.6 Å². The van der Waals surface area contributed by atoms with E-state index in [1.54, 1.807) is 13.3 Å². The molecule has 0 bridgehead atoms. The molecule has 0 radical (unpaired) electrons. The van der Waals surface area contributed by atoms with Crippen molar-refractivity contribution in [3.8, 4) is 0 Å². The molecule has 0 aliphatic carbocycles. The molecule has 2 aromatic rings. The SMILES string of the molecule is COCc1cc(CNC[C@@H]2CCO[C@H]2c2ccnn2C)ccc1F. The number of methoxy groups -OCH3 is 1. The van der Waals surface area contributed by atoms with Crippen LogP contribution < -0.4 is 5.32 Å². The zero-order valence-corrected chi connectivity index (χ0v) is 14.2. The Bertz CT molecular complexity index is 674. The molecular formula is C18H24FN3O2. The van der Waals surface area contributed by atoms with Gasteiger partial charge in [0, 0.05) is 51.5 Å². The van der Waals surface area contributed by atoms with Gasteiger partial charge in [-0.2, -0.15) is 5.10 Å². The van der Waals surface area contributed by atoms with Gasteiger partial charge in [-0.15, -0.1) is 0 Å². The lowest BCUT2D eigenvalue weighted by Crippen LogP contribution is -2.25. The van der Waals surface area contributed by atoms with Gasteiger partial charge in [-0.05, 0) is 30.2 Å². The van der Waals surface area contributed by atoms with E-state index >= 15 is 0 Å². The lowest BCUT2D eigenvalue weighted by Gasteiger charge is -2.19. The first-order chi connectivity index (χ1) is 11.7. The number of rotatable bonds is 7. The Morgan fingerprint density at radius 2 is 2.29 bits per heavy atom. The lowest BCUT2D eigenvalue weighted by molar-refractivity contribution is 0.0838. The van der Waals surface area contributed by atoms with Gasteiger partial charge in [0.25, 0.3) is 0 Å². The molecule has 5 nitrogen and oxygen atoms in total. The third-order valence-corrected chi connectivity index (χ3v) is 4.51. The molecule has 1 aromatic heterocycles. The highest BCUT2D eigenvalue weighted by Gasteiger charge is 2.31. The van der Waals surface area contributed by atoms with E-state index in [4.69, 9.17) is 9.47 Å². The van der Waals surface area contributed by atoms with Crippen LogP contribution in [0.25, 0.3) is 0 Å². The first kappa shape index (κ1) is 17.1. The Morgan fingerprint density at radius 3 is 3.04 bits per heavy atom. The van der Waals surface area contributed by atoms with E-state index in [1.165, 1.54) is 6.07 Å². The number of halogens is 1. The van der Waals surface area contributed by atoms with E-state index in [1.807, 2.05) is 29.9 Å². The van der Waals surface area contributed by atoms with E-state index in [-0.39, 0.29) is 11.9 Å². The molecule has 0 unspecified atom stereocenters. The van der Waals surface area contributed by atoms with Crippen LogP contribution in [0.1, 0.15) is 29.3 Å². The summed E-state index contributed by atoms with van der Waals surface area (Å²) in [4.78, 5) is 0. The van der Waals surface area contributed by atoms with Crippen LogP contribution in [0.4, 0.5) is 4.39 Å². The van der Waals surface area contributed by atoms with Crippen molar-refractivity contribution >= 4 is 0 Å². The van der Waals surface area contributed by atoms with Crippen LogP contribution in [0.15, 0.2) is 30.5 Å². The van der Waals surface area contributed by atoms with E-state index in [9.17, 15) is 4.39 Å². The highest BCUT2D eigenvalue weighted by atomic mass is 19.1. The second-order valence-corrected chi connectivity index (χ2v) is 6.21. The van der Waals surface area contributed by atoms with Gasteiger partial charge < -0.3 is 14.8 Å². The van der Waals surface area contributed by atoms with Crippen molar-refractivity contribution < 1.29 is 13.9 Å². The number of aromatic nitrogens is 2. The van der Waals surface area contributed by atoms with Gasteiger partial charge in [-0.25, -0.2) is 4.39 Å². The molecule has 3 rings (SSSR count). The minimum absolute atomic E-state index is 0.0854. The number of ether oxygens (including phenoxy) is 2. The summed E-state index contributed by atoms with van der Waals surface area (Å²) in [7, 11) is 3.51. The van der Waals surface area contributed by atoms with Gasteiger partial charge >= 0.3 is 0 Å². The minimum atomic E-state index is -0.221. The van der Waals surface area contributed by atoms with Crippen LogP contribution in [0, 0.1) is 11.7 Å². The maximum Gasteiger partial charge on any atom is 0.128 e. The van der Waals surface area contributed by atoms with Crippen molar-refractivity contribution in [2.45, 2.75) is 25.7 Å². The van der Waals surface area contributed by atoms with Crippen LogP contribution in [0.3, 0.4) is 0 Å². The smallest absolute Gasteiger partial charge is 0.128 e. The molecule has 1 saturated heterocycles. The number of benzene rings is 1. The quantitative estimate of drug-likeness (QED) is 0.846. The molecule has 0 spiro atoms. The van der Waals surface area contributed by atoms with E-state index in [0.717, 1.165) is 30.8 Å². The molecule has 6 heteroatoms. The van der Waals surface area contributed by atoms with Gasteiger partial charge in [0.2, 0.25) is 0 Å². The predicted octanol–water partition coefficient (Wildman–Crippen LogP) is 2.57. The van der Waals surface area contributed by atoms with Gasteiger partial charge in [0.05, 0.1) is 12.3 Å². The lowest BCUT2D eigenvalue weighted by atomic mass is 9.98. The number of hydrogen-bond acceptors (Lipinski definition) is 4. The fraction of sp³-hybridized carbons (Fsp3) is 0.500. The fourth-order valence-corrected chi connectivity index (χ4v) is 3.24. The van der Waals surface area contributed by atoms with Crippen molar-refractivity contribution in [1.82, 2.24) is 15.1 Å². The van der Waals surface area contributed by atoms with Crippen molar-refractivity contribution in [3.63, 3.8) is 0 Å². The fourth-order valence-electron chi connectivity index (χ4n) is 3.24. The molecule has 0 amide bonds. The third kappa shape index (κ3) is 3.83. The Hall–Kier alpha value is -1.76. The average Bonchev–Trinajstić information content (AvgIpc) is 3.19. The first-order valence-electron chi connectivity index (χ1n) is 8.25. The predicted molar refractivity (Wildman–Crippen MR) is 88.8 cm³/mol. The second kappa shape index (κ2) is 7.88. The molecule has 24 heavy (non-hydrogen) atoms. The maximum absolute atomic E-state index is 13.6. The Kier molecular flexibility index (Phi) is 5.60. The number of hydrogen-bond donors (Lipinski definition) is 1. The van der Waals surface area contributed by atoms with Gasteiger partial charge in [0.15, 0.2) is 0 Å². The zero-order chi connectivity index (χ0) is 16.9. The molecule has 1 aliphatic heterocycles.